The molecule has 2 amide bonds. The molecule has 21 heavy (non-hydrogen) atoms. The molecule has 4 heteroatoms. The Morgan fingerprint density at radius 3 is 2.19 bits per heavy atom. The molecule has 1 heterocycles. The summed E-state index contributed by atoms with van der Waals surface area (Å²) in [6.07, 6.45) is 5.63. The molecule has 3 nitrogen and oxygen atoms in total. The quantitative estimate of drug-likeness (QED) is 0.420. The van der Waals surface area contributed by atoms with Gasteiger partial charge in [0.25, 0.3) is 0 Å². The molecular weight excluding hydrogens is 377 g/mol. The SMILES string of the molecule is O=C1[C@H]2[C@@H]3C=C[C@H]([C@@H]4C[C@H]34)[C@@H]2C(=O)N1c1cccc(I)c1. The zero-order chi connectivity index (χ0) is 14.3. The van der Waals surface area contributed by atoms with E-state index in [4.69, 9.17) is 0 Å². The lowest BCUT2D eigenvalue weighted by atomic mass is 9.63. The van der Waals surface area contributed by atoms with Crippen molar-refractivity contribution in [3.05, 3.63) is 40.0 Å². The lowest BCUT2D eigenvalue weighted by Gasteiger charge is -2.37. The van der Waals surface area contributed by atoms with Crippen molar-refractivity contribution >= 4 is 40.1 Å². The van der Waals surface area contributed by atoms with Crippen molar-refractivity contribution in [1.82, 2.24) is 0 Å². The Morgan fingerprint density at radius 2 is 1.62 bits per heavy atom. The Hall–Kier alpha value is -1.17. The van der Waals surface area contributed by atoms with Gasteiger partial charge in [0, 0.05) is 3.57 Å². The number of imide groups is 1. The normalized spacial score (nSPS) is 42.2. The van der Waals surface area contributed by atoms with E-state index in [1.807, 2.05) is 24.3 Å². The Bertz CT molecular complexity index is 676. The van der Waals surface area contributed by atoms with Crippen LogP contribution in [-0.2, 0) is 9.59 Å². The minimum absolute atomic E-state index is 0.0247. The van der Waals surface area contributed by atoms with Crippen LogP contribution in [0.15, 0.2) is 36.4 Å². The second-order valence-electron chi connectivity index (χ2n) is 6.65. The fourth-order valence-electron chi connectivity index (χ4n) is 4.83. The minimum atomic E-state index is -0.103. The molecule has 5 aliphatic rings. The molecule has 0 radical (unpaired) electrons. The molecule has 0 aromatic heterocycles. The minimum Gasteiger partial charge on any atom is -0.274 e. The van der Waals surface area contributed by atoms with Crippen molar-refractivity contribution in [2.24, 2.45) is 35.5 Å². The number of hydrogen-bond acceptors (Lipinski definition) is 2. The first kappa shape index (κ1) is 12.4. The number of hydrogen-bond donors (Lipinski definition) is 0. The molecular formula is C17H14INO2. The average Bonchev–Trinajstić information content (AvgIpc) is 3.24. The maximum Gasteiger partial charge on any atom is 0.238 e. The van der Waals surface area contributed by atoms with E-state index in [0.717, 1.165) is 9.26 Å². The van der Waals surface area contributed by atoms with E-state index >= 15 is 0 Å². The predicted octanol–water partition coefficient (Wildman–Crippen LogP) is 2.85. The van der Waals surface area contributed by atoms with Crippen LogP contribution in [0.1, 0.15) is 6.42 Å². The summed E-state index contributed by atoms with van der Waals surface area (Å²) in [4.78, 5) is 27.2. The second kappa shape index (κ2) is 3.97. The van der Waals surface area contributed by atoms with Gasteiger partial charge in [0.15, 0.2) is 0 Å². The van der Waals surface area contributed by atoms with Gasteiger partial charge in [-0.25, -0.2) is 4.90 Å². The Balaban J connectivity index is 1.60. The van der Waals surface area contributed by atoms with Crippen LogP contribution in [0.5, 0.6) is 0 Å². The number of benzene rings is 1. The molecule has 0 N–H and O–H groups in total. The van der Waals surface area contributed by atoms with Crippen molar-refractivity contribution in [2.45, 2.75) is 6.42 Å². The number of halogens is 1. The van der Waals surface area contributed by atoms with E-state index < -0.39 is 0 Å². The predicted molar refractivity (Wildman–Crippen MR) is 86.3 cm³/mol. The first-order valence-electron chi connectivity index (χ1n) is 7.48. The van der Waals surface area contributed by atoms with Crippen LogP contribution >= 0.6 is 22.6 Å². The summed E-state index contributed by atoms with van der Waals surface area (Å²) in [7, 11) is 0. The van der Waals surface area contributed by atoms with Gasteiger partial charge < -0.3 is 0 Å². The van der Waals surface area contributed by atoms with Crippen molar-refractivity contribution < 1.29 is 9.59 Å². The summed E-state index contributed by atoms with van der Waals surface area (Å²) in [6.45, 7) is 0. The van der Waals surface area contributed by atoms with Crippen LogP contribution in [0, 0.1) is 39.1 Å². The first-order valence-corrected chi connectivity index (χ1v) is 8.56. The largest absolute Gasteiger partial charge is 0.274 e. The number of nitrogens with zero attached hydrogens (tertiary/aromatic N) is 1. The molecule has 1 aromatic rings. The summed E-state index contributed by atoms with van der Waals surface area (Å²) in [6, 6.07) is 7.67. The number of carbonyl (C=O) groups is 2. The summed E-state index contributed by atoms with van der Waals surface area (Å²) in [5.41, 5.74) is 0.736. The topological polar surface area (TPSA) is 37.4 Å². The Kier molecular flexibility index (Phi) is 2.34. The lowest BCUT2D eigenvalue weighted by Crippen LogP contribution is -2.40. The zero-order valence-electron chi connectivity index (χ0n) is 11.3. The molecule has 6 atom stereocenters. The smallest absolute Gasteiger partial charge is 0.238 e. The van der Waals surface area contributed by atoms with Crippen LogP contribution in [0.4, 0.5) is 5.69 Å². The van der Waals surface area contributed by atoms with Crippen LogP contribution < -0.4 is 4.90 Å². The fraction of sp³-hybridized carbons (Fsp3) is 0.412. The number of anilines is 1. The van der Waals surface area contributed by atoms with Gasteiger partial charge in [-0.15, -0.1) is 0 Å². The lowest BCUT2D eigenvalue weighted by molar-refractivity contribution is -0.124. The van der Waals surface area contributed by atoms with Crippen molar-refractivity contribution in [2.75, 3.05) is 4.90 Å². The van der Waals surface area contributed by atoms with E-state index in [0.29, 0.717) is 23.7 Å². The molecule has 4 aliphatic carbocycles. The molecule has 1 aliphatic heterocycles. The van der Waals surface area contributed by atoms with Gasteiger partial charge in [0.2, 0.25) is 11.8 Å². The highest BCUT2D eigenvalue weighted by molar-refractivity contribution is 14.1. The molecule has 106 valence electrons. The number of carbonyl (C=O) groups excluding carboxylic acids is 2. The second-order valence-corrected chi connectivity index (χ2v) is 7.89. The van der Waals surface area contributed by atoms with E-state index in [-0.39, 0.29) is 23.7 Å². The maximum absolute atomic E-state index is 12.9. The van der Waals surface area contributed by atoms with Crippen LogP contribution in [-0.4, -0.2) is 11.8 Å². The van der Waals surface area contributed by atoms with Gasteiger partial charge >= 0.3 is 0 Å². The highest BCUT2D eigenvalue weighted by Gasteiger charge is 2.67. The van der Waals surface area contributed by atoms with E-state index in [1.54, 1.807) is 0 Å². The third-order valence-electron chi connectivity index (χ3n) is 5.73. The van der Waals surface area contributed by atoms with Crippen molar-refractivity contribution in [1.29, 1.82) is 0 Å². The molecule has 2 bridgehead atoms. The van der Waals surface area contributed by atoms with E-state index in [2.05, 4.69) is 34.7 Å². The third-order valence-corrected chi connectivity index (χ3v) is 6.40. The highest BCUT2D eigenvalue weighted by atomic mass is 127. The Labute approximate surface area is 136 Å². The summed E-state index contributed by atoms with van der Waals surface area (Å²) in [5.74, 6) is 1.77. The number of allylic oxidation sites excluding steroid dienone is 2. The van der Waals surface area contributed by atoms with E-state index in [9.17, 15) is 9.59 Å². The molecule has 0 unspecified atom stereocenters. The first-order chi connectivity index (χ1) is 10.2. The molecule has 1 aromatic carbocycles. The van der Waals surface area contributed by atoms with Crippen LogP contribution in [0.3, 0.4) is 0 Å². The third kappa shape index (κ3) is 1.49. The van der Waals surface area contributed by atoms with Crippen LogP contribution in [0.2, 0.25) is 0 Å². The van der Waals surface area contributed by atoms with Gasteiger partial charge in [-0.05, 0) is 70.9 Å². The standard InChI is InChI=1S/C17H14INO2/c18-8-2-1-3-9(6-8)19-16(20)14-10-4-5-11(13-7-12(10)13)15(14)17(19)21/h1-6,10-15H,7H2/t10-,11-,12-,13+,14+,15+/m1/s1. The highest BCUT2D eigenvalue weighted by Crippen LogP contribution is 2.65. The molecule has 1 saturated heterocycles. The molecule has 2 saturated carbocycles. The van der Waals surface area contributed by atoms with Crippen molar-refractivity contribution in [3.63, 3.8) is 0 Å². The van der Waals surface area contributed by atoms with Gasteiger partial charge in [0.05, 0.1) is 17.5 Å². The van der Waals surface area contributed by atoms with Gasteiger partial charge in [-0.1, -0.05) is 18.2 Å². The Morgan fingerprint density at radius 1 is 1.00 bits per heavy atom. The fourth-order valence-corrected chi connectivity index (χ4v) is 5.35. The zero-order valence-corrected chi connectivity index (χ0v) is 13.4. The number of amides is 2. The van der Waals surface area contributed by atoms with Crippen molar-refractivity contribution in [3.8, 4) is 0 Å². The average molecular weight is 391 g/mol. The molecule has 6 rings (SSSR count). The summed E-state index contributed by atoms with van der Waals surface area (Å²) >= 11 is 2.22. The molecule has 0 spiro atoms. The van der Waals surface area contributed by atoms with Gasteiger partial charge in [-0.3, -0.25) is 9.59 Å². The van der Waals surface area contributed by atoms with E-state index in [1.165, 1.54) is 11.3 Å². The molecule has 3 fully saturated rings. The van der Waals surface area contributed by atoms with Gasteiger partial charge in [0.1, 0.15) is 0 Å². The maximum atomic E-state index is 12.9. The monoisotopic (exact) mass is 391 g/mol. The van der Waals surface area contributed by atoms with Gasteiger partial charge in [-0.2, -0.15) is 0 Å². The summed E-state index contributed by atoms with van der Waals surface area (Å²) < 4.78 is 1.05. The summed E-state index contributed by atoms with van der Waals surface area (Å²) in [5, 5.41) is 0. The number of rotatable bonds is 1. The van der Waals surface area contributed by atoms with Crippen LogP contribution in [0.25, 0.3) is 0 Å².